The van der Waals surface area contributed by atoms with Gasteiger partial charge in [-0.1, -0.05) is 30.3 Å². The van der Waals surface area contributed by atoms with Gasteiger partial charge in [-0.2, -0.15) is 0 Å². The molecule has 2 saturated heterocycles. The van der Waals surface area contributed by atoms with Crippen molar-refractivity contribution in [1.29, 1.82) is 0 Å². The van der Waals surface area contributed by atoms with Crippen molar-refractivity contribution >= 4 is 11.8 Å². The van der Waals surface area contributed by atoms with Crippen LogP contribution in [0.1, 0.15) is 42.5 Å². The maximum absolute atomic E-state index is 12.6. The number of aromatic amines is 1. The summed E-state index contributed by atoms with van der Waals surface area (Å²) in [6, 6.07) is 10.1. The molecule has 136 valence electrons. The Kier molecular flexibility index (Phi) is 4.73. The second-order valence-electron chi connectivity index (χ2n) is 7.22. The number of rotatable bonds is 4. The Morgan fingerprint density at radius 1 is 1.15 bits per heavy atom. The van der Waals surface area contributed by atoms with Crippen molar-refractivity contribution in [3.63, 3.8) is 0 Å². The van der Waals surface area contributed by atoms with E-state index in [-0.39, 0.29) is 24.3 Å². The fourth-order valence-corrected chi connectivity index (χ4v) is 4.04. The number of H-pyrrole nitrogens is 1. The minimum Gasteiger partial charge on any atom is -0.348 e. The molecule has 3 heterocycles. The number of imidazole rings is 1. The highest BCUT2D eigenvalue weighted by Crippen LogP contribution is 2.29. The Morgan fingerprint density at radius 2 is 1.92 bits per heavy atom. The van der Waals surface area contributed by atoms with Gasteiger partial charge in [-0.05, 0) is 18.4 Å². The quantitative estimate of drug-likeness (QED) is 0.916. The molecule has 1 aromatic heterocycles. The van der Waals surface area contributed by atoms with Gasteiger partial charge < -0.3 is 14.8 Å². The lowest BCUT2D eigenvalue weighted by atomic mass is 9.96. The smallest absolute Gasteiger partial charge is 0.242 e. The third-order valence-electron chi connectivity index (χ3n) is 5.57. The number of amides is 2. The van der Waals surface area contributed by atoms with E-state index >= 15 is 0 Å². The van der Waals surface area contributed by atoms with Crippen LogP contribution in [0.2, 0.25) is 0 Å². The fourth-order valence-electron chi connectivity index (χ4n) is 4.04. The fraction of sp³-hybridized carbons (Fsp3) is 0.450. The van der Waals surface area contributed by atoms with Gasteiger partial charge in [0.15, 0.2) is 0 Å². The zero-order chi connectivity index (χ0) is 17.9. The van der Waals surface area contributed by atoms with Gasteiger partial charge in [0.05, 0.1) is 6.54 Å². The Morgan fingerprint density at radius 3 is 2.62 bits per heavy atom. The van der Waals surface area contributed by atoms with Crippen molar-refractivity contribution in [2.75, 3.05) is 26.2 Å². The van der Waals surface area contributed by atoms with E-state index in [1.54, 1.807) is 11.1 Å². The highest BCUT2D eigenvalue weighted by Gasteiger charge is 2.33. The summed E-state index contributed by atoms with van der Waals surface area (Å²) in [6.45, 7) is 2.30. The van der Waals surface area contributed by atoms with Crippen molar-refractivity contribution in [2.45, 2.75) is 31.1 Å². The summed E-state index contributed by atoms with van der Waals surface area (Å²) in [5.41, 5.74) is 1.18. The molecule has 6 heteroatoms. The van der Waals surface area contributed by atoms with E-state index in [1.807, 2.05) is 29.3 Å². The molecule has 2 aliphatic rings. The van der Waals surface area contributed by atoms with Crippen LogP contribution < -0.4 is 0 Å². The Bertz CT molecular complexity index is 751. The monoisotopic (exact) mass is 352 g/mol. The minimum absolute atomic E-state index is 0.0601. The van der Waals surface area contributed by atoms with Crippen molar-refractivity contribution < 1.29 is 9.59 Å². The first-order valence-electron chi connectivity index (χ1n) is 9.30. The van der Waals surface area contributed by atoms with Gasteiger partial charge in [-0.3, -0.25) is 9.59 Å². The average molecular weight is 352 g/mol. The van der Waals surface area contributed by atoms with E-state index in [1.165, 1.54) is 5.56 Å². The van der Waals surface area contributed by atoms with Crippen molar-refractivity contribution in [3.05, 3.63) is 54.1 Å². The normalized spacial score (nSPS) is 21.4. The molecule has 2 fully saturated rings. The average Bonchev–Trinajstić information content (AvgIpc) is 3.33. The Hall–Kier alpha value is -2.63. The molecule has 0 spiro atoms. The topological polar surface area (TPSA) is 69.3 Å². The second kappa shape index (κ2) is 7.32. The predicted molar refractivity (Wildman–Crippen MR) is 97.5 cm³/mol. The summed E-state index contributed by atoms with van der Waals surface area (Å²) in [4.78, 5) is 36.1. The predicted octanol–water partition coefficient (Wildman–Crippen LogP) is 2.13. The van der Waals surface area contributed by atoms with Crippen molar-refractivity contribution in [3.8, 4) is 0 Å². The highest BCUT2D eigenvalue weighted by atomic mass is 16.2. The third-order valence-corrected chi connectivity index (χ3v) is 5.57. The highest BCUT2D eigenvalue weighted by molar-refractivity contribution is 5.86. The molecule has 6 nitrogen and oxygen atoms in total. The number of hydrogen-bond donors (Lipinski definition) is 1. The Balaban J connectivity index is 1.30. The van der Waals surface area contributed by atoms with Crippen LogP contribution in [0.15, 0.2) is 42.7 Å². The molecule has 0 aliphatic carbocycles. The molecule has 0 bridgehead atoms. The largest absolute Gasteiger partial charge is 0.348 e. The molecule has 2 aliphatic heterocycles. The van der Waals surface area contributed by atoms with Crippen LogP contribution in [0.25, 0.3) is 0 Å². The first-order chi connectivity index (χ1) is 12.7. The van der Waals surface area contributed by atoms with E-state index in [0.717, 1.165) is 31.8 Å². The lowest BCUT2D eigenvalue weighted by Crippen LogP contribution is -2.44. The SMILES string of the molecule is O=C(CN1C[C@H](c2ccccc2)CC1=O)N1CCC(c2ncc[nH]2)CC1. The molecule has 4 rings (SSSR count). The number of carbonyl (C=O) groups is 2. The summed E-state index contributed by atoms with van der Waals surface area (Å²) in [5, 5.41) is 0. The molecular formula is C20H24N4O2. The van der Waals surface area contributed by atoms with Crippen LogP contribution in [-0.4, -0.2) is 57.8 Å². The van der Waals surface area contributed by atoms with Crippen LogP contribution >= 0.6 is 0 Å². The molecule has 1 N–H and O–H groups in total. The van der Waals surface area contributed by atoms with Crippen LogP contribution in [0.5, 0.6) is 0 Å². The molecule has 0 radical (unpaired) electrons. The third kappa shape index (κ3) is 3.49. The number of nitrogens with zero attached hydrogens (tertiary/aromatic N) is 3. The summed E-state index contributed by atoms with van der Waals surface area (Å²) in [7, 11) is 0. The molecule has 0 saturated carbocycles. The standard InChI is InChI=1S/C20H24N4O2/c25-18-12-17(15-4-2-1-3-5-15)13-24(18)14-19(26)23-10-6-16(7-11-23)20-21-8-9-22-20/h1-5,8-9,16-17H,6-7,10-14H2,(H,21,22)/t17-/m1/s1. The zero-order valence-corrected chi connectivity index (χ0v) is 14.8. The van der Waals surface area contributed by atoms with E-state index in [9.17, 15) is 9.59 Å². The maximum atomic E-state index is 12.6. The van der Waals surface area contributed by atoms with Gasteiger partial charge in [0.2, 0.25) is 11.8 Å². The number of benzene rings is 1. The minimum atomic E-state index is 0.0601. The van der Waals surface area contributed by atoms with Crippen molar-refractivity contribution in [1.82, 2.24) is 19.8 Å². The second-order valence-corrected chi connectivity index (χ2v) is 7.22. The Labute approximate surface area is 153 Å². The molecule has 0 unspecified atom stereocenters. The maximum Gasteiger partial charge on any atom is 0.242 e. The summed E-state index contributed by atoms with van der Waals surface area (Å²) >= 11 is 0. The van der Waals surface area contributed by atoms with E-state index < -0.39 is 0 Å². The first kappa shape index (κ1) is 16.8. The lowest BCUT2D eigenvalue weighted by molar-refractivity contribution is -0.139. The number of likely N-dealkylation sites (tertiary alicyclic amines) is 2. The van der Waals surface area contributed by atoms with Gasteiger partial charge in [0.25, 0.3) is 0 Å². The van der Waals surface area contributed by atoms with Gasteiger partial charge in [-0.15, -0.1) is 0 Å². The van der Waals surface area contributed by atoms with Crippen LogP contribution in [0, 0.1) is 0 Å². The summed E-state index contributed by atoms with van der Waals surface area (Å²) < 4.78 is 0. The number of carbonyl (C=O) groups excluding carboxylic acids is 2. The lowest BCUT2D eigenvalue weighted by Gasteiger charge is -2.32. The van der Waals surface area contributed by atoms with E-state index in [2.05, 4.69) is 22.1 Å². The van der Waals surface area contributed by atoms with Crippen LogP contribution in [0.4, 0.5) is 0 Å². The van der Waals surface area contributed by atoms with Gasteiger partial charge >= 0.3 is 0 Å². The van der Waals surface area contributed by atoms with E-state index in [0.29, 0.717) is 18.9 Å². The number of piperidine rings is 1. The molecule has 1 aromatic carbocycles. The van der Waals surface area contributed by atoms with Crippen LogP contribution in [-0.2, 0) is 9.59 Å². The molecule has 26 heavy (non-hydrogen) atoms. The molecule has 2 aromatic rings. The molecular weight excluding hydrogens is 328 g/mol. The molecule has 1 atom stereocenters. The summed E-state index contributed by atoms with van der Waals surface area (Å²) in [5.74, 6) is 1.74. The van der Waals surface area contributed by atoms with Gasteiger partial charge in [-0.25, -0.2) is 4.98 Å². The first-order valence-corrected chi connectivity index (χ1v) is 9.30. The number of aromatic nitrogens is 2. The summed E-state index contributed by atoms with van der Waals surface area (Å²) in [6.07, 6.45) is 5.95. The van der Waals surface area contributed by atoms with Gasteiger partial charge in [0.1, 0.15) is 5.82 Å². The van der Waals surface area contributed by atoms with E-state index in [4.69, 9.17) is 0 Å². The van der Waals surface area contributed by atoms with Crippen LogP contribution in [0.3, 0.4) is 0 Å². The van der Waals surface area contributed by atoms with Gasteiger partial charge in [0, 0.05) is 50.3 Å². The molecule has 2 amide bonds. The van der Waals surface area contributed by atoms with Crippen molar-refractivity contribution in [2.24, 2.45) is 0 Å². The number of hydrogen-bond acceptors (Lipinski definition) is 3. The zero-order valence-electron chi connectivity index (χ0n) is 14.8. The number of nitrogens with one attached hydrogen (secondary N) is 1.